The molecule has 110 valence electrons. The lowest BCUT2D eigenvalue weighted by Gasteiger charge is -2.09. The molecule has 0 spiro atoms. The molecule has 0 aliphatic rings. The first-order chi connectivity index (χ1) is 10.4. The van der Waals surface area contributed by atoms with Crippen LogP contribution in [0.3, 0.4) is 0 Å². The van der Waals surface area contributed by atoms with Gasteiger partial charge in [0.25, 0.3) is 0 Å². The number of benzene rings is 2. The molecule has 0 amide bonds. The summed E-state index contributed by atoms with van der Waals surface area (Å²) in [5.41, 5.74) is 2.47. The van der Waals surface area contributed by atoms with Crippen molar-refractivity contribution in [1.29, 1.82) is 0 Å². The summed E-state index contributed by atoms with van der Waals surface area (Å²) in [5, 5.41) is 0. The minimum absolute atomic E-state index is 0.572. The van der Waals surface area contributed by atoms with Crippen LogP contribution in [0, 0.1) is 0 Å². The van der Waals surface area contributed by atoms with E-state index in [9.17, 15) is 0 Å². The summed E-state index contributed by atoms with van der Waals surface area (Å²) in [6.07, 6.45) is 3.56. The van der Waals surface area contributed by atoms with Gasteiger partial charge in [-0.25, -0.2) is 0 Å². The molecule has 2 aromatic rings. The van der Waals surface area contributed by atoms with Gasteiger partial charge in [-0.05, 0) is 24.5 Å². The van der Waals surface area contributed by atoms with Crippen molar-refractivity contribution in [2.24, 2.45) is 0 Å². The Morgan fingerprint density at radius 3 is 2.14 bits per heavy atom. The van der Waals surface area contributed by atoms with Gasteiger partial charge in [0, 0.05) is 6.42 Å². The van der Waals surface area contributed by atoms with E-state index in [0.717, 1.165) is 24.2 Å². The summed E-state index contributed by atoms with van der Waals surface area (Å²) in [5.74, 6) is 0.900. The fraction of sp³-hybridized carbons (Fsp3) is 0.263. The molecule has 0 aliphatic heterocycles. The summed E-state index contributed by atoms with van der Waals surface area (Å²) in [6.45, 7) is 3.23. The topological polar surface area (TPSA) is 18.5 Å². The van der Waals surface area contributed by atoms with Crippen LogP contribution in [0.15, 0.2) is 72.7 Å². The molecule has 0 atom stereocenters. The first kappa shape index (κ1) is 15.2. The fourth-order valence-electron chi connectivity index (χ4n) is 2.07. The Hall–Kier alpha value is -2.22. The third-order valence-corrected chi connectivity index (χ3v) is 3.14. The quantitative estimate of drug-likeness (QED) is 0.653. The van der Waals surface area contributed by atoms with Crippen molar-refractivity contribution in [2.45, 2.75) is 26.4 Å². The molecule has 0 fully saturated rings. The maximum Gasteiger partial charge on any atom is 0.131 e. The average Bonchev–Trinajstić information content (AvgIpc) is 2.54. The molecule has 21 heavy (non-hydrogen) atoms. The highest BCUT2D eigenvalue weighted by Gasteiger charge is 2.00. The van der Waals surface area contributed by atoms with Gasteiger partial charge in [-0.15, -0.1) is 0 Å². The molecule has 0 radical (unpaired) electrons. The maximum absolute atomic E-state index is 5.64. The monoisotopic (exact) mass is 282 g/mol. The van der Waals surface area contributed by atoms with Crippen LogP contribution in [0.5, 0.6) is 0 Å². The molecule has 0 saturated heterocycles. The zero-order valence-electron chi connectivity index (χ0n) is 12.5. The van der Waals surface area contributed by atoms with Crippen molar-refractivity contribution in [3.8, 4) is 0 Å². The van der Waals surface area contributed by atoms with Crippen LogP contribution in [0.2, 0.25) is 0 Å². The third kappa shape index (κ3) is 5.74. The molecular formula is C19H22O2. The first-order valence-electron chi connectivity index (χ1n) is 7.39. The molecule has 2 heteroatoms. The van der Waals surface area contributed by atoms with E-state index in [1.807, 2.05) is 31.2 Å². The second-order valence-electron chi connectivity index (χ2n) is 4.80. The average molecular weight is 282 g/mol. The molecule has 0 bridgehead atoms. The zero-order valence-corrected chi connectivity index (χ0v) is 12.5. The molecule has 2 rings (SSSR count). The fourth-order valence-corrected chi connectivity index (χ4v) is 2.07. The van der Waals surface area contributed by atoms with E-state index in [1.165, 1.54) is 5.56 Å². The van der Waals surface area contributed by atoms with Gasteiger partial charge in [0.2, 0.25) is 0 Å². The van der Waals surface area contributed by atoms with E-state index >= 15 is 0 Å². The van der Waals surface area contributed by atoms with Crippen molar-refractivity contribution < 1.29 is 9.47 Å². The van der Waals surface area contributed by atoms with Gasteiger partial charge >= 0.3 is 0 Å². The van der Waals surface area contributed by atoms with Crippen LogP contribution >= 0.6 is 0 Å². The smallest absolute Gasteiger partial charge is 0.131 e. The SMILES string of the molecule is CCO/C(=C\OCc1ccccc1)CCc1ccccc1. The zero-order chi connectivity index (χ0) is 14.8. The third-order valence-electron chi connectivity index (χ3n) is 3.14. The van der Waals surface area contributed by atoms with Crippen LogP contribution < -0.4 is 0 Å². The van der Waals surface area contributed by atoms with Gasteiger partial charge in [0.15, 0.2) is 0 Å². The highest BCUT2D eigenvalue weighted by Crippen LogP contribution is 2.11. The normalized spacial score (nSPS) is 11.2. The molecule has 0 aromatic heterocycles. The lowest BCUT2D eigenvalue weighted by molar-refractivity contribution is 0.172. The van der Waals surface area contributed by atoms with Gasteiger partial charge in [-0.2, -0.15) is 0 Å². The van der Waals surface area contributed by atoms with Crippen LogP contribution in [-0.2, 0) is 22.5 Å². The Bertz CT molecular complexity index is 532. The summed E-state index contributed by atoms with van der Waals surface area (Å²) in [4.78, 5) is 0. The van der Waals surface area contributed by atoms with E-state index in [2.05, 4.69) is 36.4 Å². The molecular weight excluding hydrogens is 260 g/mol. The first-order valence-corrected chi connectivity index (χ1v) is 7.39. The summed E-state index contributed by atoms with van der Waals surface area (Å²) >= 11 is 0. The molecule has 0 aliphatic carbocycles. The Morgan fingerprint density at radius 1 is 0.905 bits per heavy atom. The molecule has 2 nitrogen and oxygen atoms in total. The van der Waals surface area contributed by atoms with Crippen molar-refractivity contribution >= 4 is 0 Å². The Morgan fingerprint density at radius 2 is 1.52 bits per heavy atom. The summed E-state index contributed by atoms with van der Waals surface area (Å²) in [6, 6.07) is 20.6. The van der Waals surface area contributed by atoms with E-state index in [4.69, 9.17) is 9.47 Å². The highest BCUT2D eigenvalue weighted by molar-refractivity contribution is 5.16. The van der Waals surface area contributed by atoms with Crippen molar-refractivity contribution in [3.05, 3.63) is 83.8 Å². The minimum atomic E-state index is 0.572. The van der Waals surface area contributed by atoms with Crippen molar-refractivity contribution in [3.63, 3.8) is 0 Å². The molecule has 2 aromatic carbocycles. The number of allylic oxidation sites excluding steroid dienone is 1. The number of hydrogen-bond acceptors (Lipinski definition) is 2. The van der Waals surface area contributed by atoms with Crippen LogP contribution in [0.1, 0.15) is 24.5 Å². The number of aryl methyl sites for hydroxylation is 1. The van der Waals surface area contributed by atoms with E-state index in [0.29, 0.717) is 13.2 Å². The highest BCUT2D eigenvalue weighted by atomic mass is 16.5. The molecule has 0 saturated carbocycles. The van der Waals surface area contributed by atoms with Gasteiger partial charge in [-0.1, -0.05) is 60.7 Å². The largest absolute Gasteiger partial charge is 0.495 e. The van der Waals surface area contributed by atoms with Gasteiger partial charge in [-0.3, -0.25) is 0 Å². The number of rotatable bonds is 8. The van der Waals surface area contributed by atoms with Crippen LogP contribution in [-0.4, -0.2) is 6.61 Å². The molecule has 0 N–H and O–H groups in total. The van der Waals surface area contributed by atoms with E-state index < -0.39 is 0 Å². The second-order valence-corrected chi connectivity index (χ2v) is 4.80. The predicted molar refractivity (Wildman–Crippen MR) is 85.7 cm³/mol. The lowest BCUT2D eigenvalue weighted by Crippen LogP contribution is -1.97. The number of ether oxygens (including phenoxy) is 2. The molecule has 0 heterocycles. The van der Waals surface area contributed by atoms with Gasteiger partial charge in [0.1, 0.15) is 18.6 Å². The number of hydrogen-bond donors (Lipinski definition) is 0. The second kappa shape index (κ2) is 8.85. The standard InChI is InChI=1S/C19H22O2/c1-2-21-19(14-13-17-9-5-3-6-10-17)16-20-15-18-11-7-4-8-12-18/h3-12,16H,2,13-15H2,1H3/b19-16-. The van der Waals surface area contributed by atoms with E-state index in [1.54, 1.807) is 6.26 Å². The van der Waals surface area contributed by atoms with Crippen molar-refractivity contribution in [2.75, 3.05) is 6.61 Å². The maximum atomic E-state index is 5.64. The van der Waals surface area contributed by atoms with Crippen LogP contribution in [0.4, 0.5) is 0 Å². The Kier molecular flexibility index (Phi) is 6.40. The molecule has 0 unspecified atom stereocenters. The van der Waals surface area contributed by atoms with Gasteiger partial charge < -0.3 is 9.47 Å². The van der Waals surface area contributed by atoms with Gasteiger partial charge in [0.05, 0.1) is 6.61 Å². The summed E-state index contributed by atoms with van der Waals surface area (Å²) in [7, 11) is 0. The van der Waals surface area contributed by atoms with Crippen LogP contribution in [0.25, 0.3) is 0 Å². The Labute approximate surface area is 127 Å². The minimum Gasteiger partial charge on any atom is -0.495 e. The Balaban J connectivity index is 1.84. The predicted octanol–water partition coefficient (Wildman–Crippen LogP) is 4.71. The van der Waals surface area contributed by atoms with Crippen molar-refractivity contribution in [1.82, 2.24) is 0 Å². The van der Waals surface area contributed by atoms with E-state index in [-0.39, 0.29) is 0 Å². The summed E-state index contributed by atoms with van der Waals surface area (Å²) < 4.78 is 11.3. The lowest BCUT2D eigenvalue weighted by atomic mass is 10.1.